The van der Waals surface area contributed by atoms with Gasteiger partial charge in [-0.1, -0.05) is 28.9 Å². The Morgan fingerprint density at radius 3 is 2.67 bits per heavy atom. The minimum Gasteiger partial charge on any atom is -0.354 e. The van der Waals surface area contributed by atoms with Crippen LogP contribution in [0.15, 0.2) is 52.2 Å². The van der Waals surface area contributed by atoms with Crippen LogP contribution in [0, 0.1) is 6.92 Å². The van der Waals surface area contributed by atoms with Gasteiger partial charge in [-0.3, -0.25) is 9.67 Å². The molecule has 144 valence electrons. The molecule has 0 bridgehead atoms. The quantitative estimate of drug-likeness (QED) is 0.307. The monoisotopic (exact) mass is 501 g/mol. The van der Waals surface area contributed by atoms with Crippen molar-refractivity contribution in [1.82, 2.24) is 30.6 Å². The number of hydrogen-bond donors (Lipinski definition) is 2. The first-order valence-corrected chi connectivity index (χ1v) is 8.52. The van der Waals surface area contributed by atoms with Gasteiger partial charge < -0.3 is 15.2 Å². The number of nitrogens with zero attached hydrogens (tertiary/aromatic N) is 5. The maximum absolute atomic E-state index is 6.01. The van der Waals surface area contributed by atoms with Gasteiger partial charge in [0, 0.05) is 37.9 Å². The summed E-state index contributed by atoms with van der Waals surface area (Å²) in [6.07, 6.45) is 3.69. The molecule has 2 aromatic heterocycles. The average Bonchev–Trinajstić information content (AvgIpc) is 3.31. The van der Waals surface area contributed by atoms with Crippen molar-refractivity contribution in [3.63, 3.8) is 0 Å². The Morgan fingerprint density at radius 1 is 1.30 bits per heavy atom. The van der Waals surface area contributed by atoms with E-state index >= 15 is 0 Å². The van der Waals surface area contributed by atoms with Crippen LogP contribution in [0.3, 0.4) is 0 Å². The van der Waals surface area contributed by atoms with Gasteiger partial charge in [0.25, 0.3) is 0 Å². The van der Waals surface area contributed by atoms with Crippen LogP contribution >= 0.6 is 35.6 Å². The summed E-state index contributed by atoms with van der Waals surface area (Å²) in [6, 6.07) is 9.63. The number of aryl methyl sites for hydroxylation is 1. The summed E-state index contributed by atoms with van der Waals surface area (Å²) in [4.78, 5) is 8.39. The van der Waals surface area contributed by atoms with Crippen molar-refractivity contribution < 1.29 is 4.52 Å². The number of aromatic nitrogens is 4. The minimum atomic E-state index is -0.00626. The third-order valence-corrected chi connectivity index (χ3v) is 4.02. The van der Waals surface area contributed by atoms with E-state index in [1.54, 1.807) is 20.2 Å². The van der Waals surface area contributed by atoms with E-state index in [0.717, 1.165) is 5.56 Å². The highest BCUT2D eigenvalue weighted by Gasteiger charge is 2.15. The molecule has 8 nitrogen and oxygen atoms in total. The first-order chi connectivity index (χ1) is 12.7. The van der Waals surface area contributed by atoms with Crippen LogP contribution in [0.5, 0.6) is 0 Å². The second-order valence-corrected chi connectivity index (χ2v) is 6.03. The summed E-state index contributed by atoms with van der Waals surface area (Å²) in [6.45, 7) is 2.77. The Labute approximate surface area is 179 Å². The van der Waals surface area contributed by atoms with Gasteiger partial charge in [-0.15, -0.1) is 24.0 Å². The van der Waals surface area contributed by atoms with Crippen LogP contribution in [-0.2, 0) is 6.54 Å². The molecule has 27 heavy (non-hydrogen) atoms. The molecule has 2 N–H and O–H groups in total. The van der Waals surface area contributed by atoms with Gasteiger partial charge in [-0.2, -0.15) is 10.1 Å². The van der Waals surface area contributed by atoms with Crippen molar-refractivity contribution in [3.8, 4) is 0 Å². The predicted octanol–water partition coefficient (Wildman–Crippen LogP) is 2.80. The Bertz CT molecular complexity index is 849. The fourth-order valence-corrected chi connectivity index (χ4v) is 2.63. The molecule has 0 aliphatic heterocycles. The molecular formula is C17H21ClIN7O. The lowest BCUT2D eigenvalue weighted by Gasteiger charge is -2.20. The molecular weight excluding hydrogens is 481 g/mol. The fraction of sp³-hybridized carbons (Fsp3) is 0.294. The molecule has 0 fully saturated rings. The largest absolute Gasteiger partial charge is 0.354 e. The van der Waals surface area contributed by atoms with E-state index in [9.17, 15) is 0 Å². The van der Waals surface area contributed by atoms with Gasteiger partial charge in [0.15, 0.2) is 11.8 Å². The first kappa shape index (κ1) is 21.2. The van der Waals surface area contributed by atoms with E-state index < -0.39 is 0 Å². The highest BCUT2D eigenvalue weighted by atomic mass is 127. The van der Waals surface area contributed by atoms with Crippen molar-refractivity contribution in [3.05, 3.63) is 65.0 Å². The highest BCUT2D eigenvalue weighted by molar-refractivity contribution is 14.0. The Kier molecular flexibility index (Phi) is 8.04. The zero-order chi connectivity index (χ0) is 18.4. The molecule has 3 aromatic rings. The van der Waals surface area contributed by atoms with Crippen molar-refractivity contribution in [2.24, 2.45) is 4.99 Å². The SMILES string of the molecule is CN=C(NCc1noc(C)n1)NCC(c1ccc(Cl)cc1)n1cccn1.I. The molecule has 0 saturated heterocycles. The third kappa shape index (κ3) is 5.93. The van der Waals surface area contributed by atoms with Crippen molar-refractivity contribution >= 4 is 41.5 Å². The third-order valence-electron chi connectivity index (χ3n) is 3.77. The number of rotatable bonds is 6. The number of nitrogens with one attached hydrogen (secondary N) is 2. The number of hydrogen-bond acceptors (Lipinski definition) is 5. The Balaban J connectivity index is 0.00000261. The lowest BCUT2D eigenvalue weighted by atomic mass is 10.1. The zero-order valence-electron chi connectivity index (χ0n) is 15.0. The summed E-state index contributed by atoms with van der Waals surface area (Å²) in [7, 11) is 1.71. The maximum atomic E-state index is 6.01. The van der Waals surface area contributed by atoms with Crippen LogP contribution in [0.25, 0.3) is 0 Å². The maximum Gasteiger partial charge on any atom is 0.223 e. The number of halogens is 2. The molecule has 3 rings (SSSR count). The highest BCUT2D eigenvalue weighted by Crippen LogP contribution is 2.19. The van der Waals surface area contributed by atoms with Crippen LogP contribution < -0.4 is 10.6 Å². The lowest BCUT2D eigenvalue weighted by molar-refractivity contribution is 0.386. The zero-order valence-corrected chi connectivity index (χ0v) is 18.0. The normalized spacial score (nSPS) is 12.3. The molecule has 0 radical (unpaired) electrons. The van der Waals surface area contributed by atoms with Crippen molar-refractivity contribution in [1.29, 1.82) is 0 Å². The van der Waals surface area contributed by atoms with E-state index in [2.05, 4.69) is 30.9 Å². The van der Waals surface area contributed by atoms with Gasteiger partial charge >= 0.3 is 0 Å². The molecule has 0 aliphatic rings. The topological polar surface area (TPSA) is 93.2 Å². The number of aliphatic imine (C=N–C) groups is 1. The first-order valence-electron chi connectivity index (χ1n) is 8.14. The molecule has 0 saturated carbocycles. The van der Waals surface area contributed by atoms with Gasteiger partial charge in [0.1, 0.15) is 0 Å². The molecule has 0 amide bonds. The molecule has 10 heteroatoms. The van der Waals surface area contributed by atoms with E-state index in [-0.39, 0.29) is 30.0 Å². The van der Waals surface area contributed by atoms with Crippen molar-refractivity contribution in [2.45, 2.75) is 19.5 Å². The van der Waals surface area contributed by atoms with E-state index in [0.29, 0.717) is 35.8 Å². The lowest BCUT2D eigenvalue weighted by Crippen LogP contribution is -2.40. The fourth-order valence-electron chi connectivity index (χ4n) is 2.50. The van der Waals surface area contributed by atoms with Gasteiger partial charge in [-0.05, 0) is 23.8 Å². The summed E-state index contributed by atoms with van der Waals surface area (Å²) < 4.78 is 6.86. The second kappa shape index (κ2) is 10.3. The van der Waals surface area contributed by atoms with Gasteiger partial charge in [0.05, 0.1) is 12.6 Å². The van der Waals surface area contributed by atoms with Crippen LogP contribution in [0.4, 0.5) is 0 Å². The second-order valence-electron chi connectivity index (χ2n) is 5.59. The van der Waals surface area contributed by atoms with Crippen LogP contribution in [-0.4, -0.2) is 39.5 Å². The Hall–Kier alpha value is -2.14. The standard InChI is InChI=1S/C17H20ClN7O.HI/c1-12-23-16(24-26-12)11-21-17(19-2)20-10-15(25-9-3-8-22-25)13-4-6-14(18)7-5-13;/h3-9,15H,10-11H2,1-2H3,(H2,19,20,21);1H. The van der Waals surface area contributed by atoms with Gasteiger partial charge in [-0.25, -0.2) is 0 Å². The summed E-state index contributed by atoms with van der Waals surface area (Å²) in [5.41, 5.74) is 1.09. The van der Waals surface area contributed by atoms with E-state index in [1.807, 2.05) is 41.2 Å². The number of guanidine groups is 1. The molecule has 2 heterocycles. The molecule has 1 atom stereocenters. The van der Waals surface area contributed by atoms with E-state index in [1.165, 1.54) is 0 Å². The van der Waals surface area contributed by atoms with Crippen LogP contribution in [0.2, 0.25) is 5.02 Å². The number of benzene rings is 1. The molecule has 1 unspecified atom stereocenters. The minimum absolute atomic E-state index is 0. The van der Waals surface area contributed by atoms with E-state index in [4.69, 9.17) is 16.1 Å². The summed E-state index contributed by atoms with van der Waals surface area (Å²) in [5.74, 6) is 1.75. The summed E-state index contributed by atoms with van der Waals surface area (Å²) in [5, 5.41) is 15.4. The molecule has 0 spiro atoms. The smallest absolute Gasteiger partial charge is 0.223 e. The molecule has 0 aliphatic carbocycles. The summed E-state index contributed by atoms with van der Waals surface area (Å²) >= 11 is 6.01. The average molecular weight is 502 g/mol. The van der Waals surface area contributed by atoms with Gasteiger partial charge in [0.2, 0.25) is 5.89 Å². The van der Waals surface area contributed by atoms with Crippen LogP contribution in [0.1, 0.15) is 23.3 Å². The Morgan fingerprint density at radius 2 is 2.07 bits per heavy atom. The molecule has 1 aromatic carbocycles. The van der Waals surface area contributed by atoms with Crippen molar-refractivity contribution in [2.75, 3.05) is 13.6 Å². The predicted molar refractivity (Wildman–Crippen MR) is 114 cm³/mol.